The largest absolute Gasteiger partial charge is 0.464 e. The third kappa shape index (κ3) is 2.87. The van der Waals surface area contributed by atoms with Crippen molar-refractivity contribution in [1.29, 1.82) is 0 Å². The number of fused-ring (bicyclic) bond motifs is 1. The van der Waals surface area contributed by atoms with Crippen molar-refractivity contribution in [3.63, 3.8) is 0 Å². The van der Waals surface area contributed by atoms with Crippen molar-refractivity contribution < 1.29 is 9.21 Å². The fourth-order valence-corrected chi connectivity index (χ4v) is 2.30. The third-order valence-electron chi connectivity index (χ3n) is 3.75. The van der Waals surface area contributed by atoms with Crippen molar-refractivity contribution >= 4 is 16.8 Å². The van der Waals surface area contributed by atoms with Crippen molar-refractivity contribution in [2.45, 2.75) is 33.2 Å². The topological polar surface area (TPSA) is 33.5 Å². The van der Waals surface area contributed by atoms with Crippen LogP contribution in [0.4, 0.5) is 0 Å². The lowest BCUT2D eigenvalue weighted by Gasteiger charge is -2.25. The van der Waals surface area contributed by atoms with Gasteiger partial charge in [-0.1, -0.05) is 32.0 Å². The van der Waals surface area contributed by atoms with Gasteiger partial charge in [0, 0.05) is 11.4 Å². The smallest absolute Gasteiger partial charge is 0.180 e. The number of benzene rings is 1. The van der Waals surface area contributed by atoms with Crippen molar-refractivity contribution in [2.24, 2.45) is 0 Å². The molecule has 1 atom stereocenters. The Bertz CT molecular complexity index is 559. The van der Waals surface area contributed by atoms with E-state index in [1.54, 1.807) is 6.26 Å². The summed E-state index contributed by atoms with van der Waals surface area (Å²) in [5, 5.41) is 0.910. The van der Waals surface area contributed by atoms with E-state index in [1.807, 2.05) is 24.3 Å². The summed E-state index contributed by atoms with van der Waals surface area (Å²) in [6.07, 6.45) is 2.63. The molecule has 1 heterocycles. The SMILES string of the molecule is CCC(C)N(CC)CC(=O)c1coc2ccccc12. The minimum atomic E-state index is 0.132. The summed E-state index contributed by atoms with van der Waals surface area (Å²) >= 11 is 0. The zero-order chi connectivity index (χ0) is 13.8. The van der Waals surface area contributed by atoms with Crippen LogP contribution in [-0.4, -0.2) is 29.8 Å². The molecule has 1 aromatic heterocycles. The molecule has 0 fully saturated rings. The molecule has 3 heteroatoms. The van der Waals surface area contributed by atoms with E-state index in [-0.39, 0.29) is 5.78 Å². The highest BCUT2D eigenvalue weighted by atomic mass is 16.3. The van der Waals surface area contributed by atoms with Crippen LogP contribution in [0, 0.1) is 0 Å². The molecule has 0 N–H and O–H groups in total. The number of carbonyl (C=O) groups excluding carboxylic acids is 1. The van der Waals surface area contributed by atoms with Crippen LogP contribution >= 0.6 is 0 Å². The van der Waals surface area contributed by atoms with Crippen LogP contribution in [0.5, 0.6) is 0 Å². The molecule has 0 saturated heterocycles. The maximum atomic E-state index is 12.4. The number of Topliss-reactive ketones (excluding diaryl/α,β-unsaturated/α-hetero) is 1. The first-order valence-electron chi connectivity index (χ1n) is 6.90. The molecule has 0 radical (unpaired) electrons. The van der Waals surface area contributed by atoms with Gasteiger partial charge in [0.05, 0.1) is 12.1 Å². The van der Waals surface area contributed by atoms with E-state index < -0.39 is 0 Å². The Kier molecular flexibility index (Phi) is 4.38. The molecule has 1 aromatic carbocycles. The van der Waals surface area contributed by atoms with Crippen LogP contribution in [0.1, 0.15) is 37.6 Å². The number of hydrogen-bond acceptors (Lipinski definition) is 3. The second kappa shape index (κ2) is 6.02. The van der Waals surface area contributed by atoms with E-state index in [4.69, 9.17) is 4.42 Å². The predicted molar refractivity (Wildman–Crippen MR) is 77.5 cm³/mol. The fraction of sp³-hybridized carbons (Fsp3) is 0.438. The second-order valence-electron chi connectivity index (χ2n) is 4.89. The zero-order valence-electron chi connectivity index (χ0n) is 11.8. The Labute approximate surface area is 114 Å². The summed E-state index contributed by atoms with van der Waals surface area (Å²) in [4.78, 5) is 14.6. The number of para-hydroxylation sites is 1. The molecule has 102 valence electrons. The number of ketones is 1. The summed E-state index contributed by atoms with van der Waals surface area (Å²) in [7, 11) is 0. The predicted octanol–water partition coefficient (Wildman–Crippen LogP) is 3.74. The minimum Gasteiger partial charge on any atom is -0.464 e. The lowest BCUT2D eigenvalue weighted by Crippen LogP contribution is -2.36. The summed E-state index contributed by atoms with van der Waals surface area (Å²) in [5.41, 5.74) is 1.47. The first-order valence-corrected chi connectivity index (χ1v) is 6.90. The molecule has 0 saturated carbocycles. The van der Waals surface area contributed by atoms with Gasteiger partial charge in [-0.3, -0.25) is 9.69 Å². The number of hydrogen-bond donors (Lipinski definition) is 0. The molecule has 2 rings (SSSR count). The van der Waals surface area contributed by atoms with Crippen LogP contribution in [-0.2, 0) is 0 Å². The van der Waals surface area contributed by atoms with E-state index in [9.17, 15) is 4.79 Å². The van der Waals surface area contributed by atoms with E-state index in [0.29, 0.717) is 18.2 Å². The molecular weight excluding hydrogens is 238 g/mol. The average molecular weight is 259 g/mol. The van der Waals surface area contributed by atoms with Gasteiger partial charge in [-0.2, -0.15) is 0 Å². The minimum absolute atomic E-state index is 0.132. The molecule has 0 bridgehead atoms. The Balaban J connectivity index is 2.20. The average Bonchev–Trinajstić information content (AvgIpc) is 2.87. The van der Waals surface area contributed by atoms with Gasteiger partial charge < -0.3 is 4.42 Å². The van der Waals surface area contributed by atoms with Crippen LogP contribution < -0.4 is 0 Å². The molecule has 19 heavy (non-hydrogen) atoms. The summed E-state index contributed by atoms with van der Waals surface area (Å²) in [5.74, 6) is 0.132. The Hall–Kier alpha value is -1.61. The van der Waals surface area contributed by atoms with Gasteiger partial charge in [-0.15, -0.1) is 0 Å². The van der Waals surface area contributed by atoms with Crippen molar-refractivity contribution in [3.05, 3.63) is 36.1 Å². The maximum Gasteiger partial charge on any atom is 0.180 e. The lowest BCUT2D eigenvalue weighted by atomic mass is 10.1. The van der Waals surface area contributed by atoms with Crippen molar-refractivity contribution in [3.8, 4) is 0 Å². The number of furan rings is 1. The van der Waals surface area contributed by atoms with Crippen LogP contribution in [0.3, 0.4) is 0 Å². The van der Waals surface area contributed by atoms with Crippen LogP contribution in [0.15, 0.2) is 34.9 Å². The number of carbonyl (C=O) groups is 1. The highest BCUT2D eigenvalue weighted by Gasteiger charge is 2.18. The maximum absolute atomic E-state index is 12.4. The molecular formula is C16H21NO2. The van der Waals surface area contributed by atoms with Crippen LogP contribution in [0.25, 0.3) is 11.0 Å². The molecule has 1 unspecified atom stereocenters. The lowest BCUT2D eigenvalue weighted by molar-refractivity contribution is 0.0903. The monoisotopic (exact) mass is 259 g/mol. The molecule has 0 spiro atoms. The Morgan fingerprint density at radius 1 is 1.32 bits per heavy atom. The van der Waals surface area contributed by atoms with Crippen molar-refractivity contribution in [1.82, 2.24) is 4.90 Å². The van der Waals surface area contributed by atoms with E-state index in [2.05, 4.69) is 25.7 Å². The summed E-state index contributed by atoms with van der Waals surface area (Å²) in [6, 6.07) is 8.09. The first kappa shape index (κ1) is 13.8. The third-order valence-corrected chi connectivity index (χ3v) is 3.75. The number of likely N-dealkylation sites (N-methyl/N-ethyl adjacent to an activating group) is 1. The fourth-order valence-electron chi connectivity index (χ4n) is 2.30. The molecule has 0 amide bonds. The molecule has 0 aliphatic rings. The van der Waals surface area contributed by atoms with Gasteiger partial charge in [0.25, 0.3) is 0 Å². The van der Waals surface area contributed by atoms with Gasteiger partial charge in [-0.25, -0.2) is 0 Å². The van der Waals surface area contributed by atoms with E-state index in [0.717, 1.165) is 23.9 Å². The molecule has 0 aliphatic carbocycles. The zero-order valence-corrected chi connectivity index (χ0v) is 11.8. The molecule has 0 aliphatic heterocycles. The van der Waals surface area contributed by atoms with Gasteiger partial charge >= 0.3 is 0 Å². The summed E-state index contributed by atoms with van der Waals surface area (Å²) < 4.78 is 5.43. The normalized spacial score (nSPS) is 13.1. The standard InChI is InChI=1S/C16H21NO2/c1-4-12(3)17(5-2)10-15(18)14-11-19-16-9-7-6-8-13(14)16/h6-9,11-12H,4-5,10H2,1-3H3. The Morgan fingerprint density at radius 2 is 2.05 bits per heavy atom. The quantitative estimate of drug-likeness (QED) is 0.741. The highest BCUT2D eigenvalue weighted by molar-refractivity contribution is 6.08. The number of rotatable bonds is 6. The van der Waals surface area contributed by atoms with Gasteiger partial charge in [0.2, 0.25) is 0 Å². The van der Waals surface area contributed by atoms with E-state index in [1.165, 1.54) is 0 Å². The van der Waals surface area contributed by atoms with Gasteiger partial charge in [-0.05, 0) is 26.0 Å². The van der Waals surface area contributed by atoms with Crippen molar-refractivity contribution in [2.75, 3.05) is 13.1 Å². The van der Waals surface area contributed by atoms with Crippen LogP contribution in [0.2, 0.25) is 0 Å². The summed E-state index contributed by atoms with van der Waals surface area (Å²) in [6.45, 7) is 7.73. The number of nitrogens with zero attached hydrogens (tertiary/aromatic N) is 1. The highest BCUT2D eigenvalue weighted by Crippen LogP contribution is 2.21. The van der Waals surface area contributed by atoms with E-state index >= 15 is 0 Å². The van der Waals surface area contributed by atoms with Gasteiger partial charge in [0.1, 0.15) is 11.8 Å². The molecule has 2 aromatic rings. The first-order chi connectivity index (χ1) is 9.17. The molecule has 3 nitrogen and oxygen atoms in total. The Morgan fingerprint density at radius 3 is 2.74 bits per heavy atom. The second-order valence-corrected chi connectivity index (χ2v) is 4.89. The van der Waals surface area contributed by atoms with Gasteiger partial charge in [0.15, 0.2) is 5.78 Å².